The van der Waals surface area contributed by atoms with E-state index in [1.807, 2.05) is 0 Å². The summed E-state index contributed by atoms with van der Waals surface area (Å²) < 4.78 is 37.6. The van der Waals surface area contributed by atoms with E-state index < -0.39 is 10.0 Å². The molecule has 30 heavy (non-hydrogen) atoms. The Morgan fingerprint density at radius 1 is 1.20 bits per heavy atom. The van der Waals surface area contributed by atoms with E-state index in [2.05, 4.69) is 5.32 Å². The number of benzene rings is 2. The third-order valence-electron chi connectivity index (χ3n) is 4.32. The third kappa shape index (κ3) is 5.40. The summed E-state index contributed by atoms with van der Waals surface area (Å²) in [5, 5.41) is 3.62. The number of nitrogens with zero attached hydrogens (tertiary/aromatic N) is 1. The lowest BCUT2D eigenvalue weighted by Gasteiger charge is -2.26. The Morgan fingerprint density at radius 2 is 1.87 bits per heavy atom. The van der Waals surface area contributed by atoms with Gasteiger partial charge in [-0.1, -0.05) is 29.3 Å². The monoisotopic (exact) mass is 490 g/mol. The molecule has 1 heterocycles. The number of rotatable bonds is 7. The zero-order valence-corrected chi connectivity index (χ0v) is 19.2. The van der Waals surface area contributed by atoms with Crippen molar-refractivity contribution >= 4 is 56.6 Å². The molecule has 1 N–H and O–H groups in total. The molecule has 2 aromatic rings. The lowest BCUT2D eigenvalue weighted by Crippen LogP contribution is -2.40. The highest BCUT2D eigenvalue weighted by Crippen LogP contribution is 2.34. The summed E-state index contributed by atoms with van der Waals surface area (Å²) in [6.45, 7) is 1.26. The molecular formula is C19H20Cl2N2O5S2. The Balaban J connectivity index is 1.76. The van der Waals surface area contributed by atoms with Crippen LogP contribution in [0.5, 0.6) is 5.75 Å². The molecule has 7 nitrogen and oxygen atoms in total. The Labute approximate surface area is 189 Å². The van der Waals surface area contributed by atoms with Gasteiger partial charge >= 0.3 is 0 Å². The van der Waals surface area contributed by atoms with E-state index in [-0.39, 0.29) is 35.3 Å². The third-order valence-corrected chi connectivity index (χ3v) is 8.20. The number of nitrogens with one attached hydrogen (secondary N) is 1. The van der Waals surface area contributed by atoms with E-state index in [0.29, 0.717) is 33.9 Å². The molecule has 0 bridgehead atoms. The molecule has 1 aliphatic rings. The van der Waals surface area contributed by atoms with Crippen LogP contribution in [0.3, 0.4) is 0 Å². The Morgan fingerprint density at radius 3 is 2.50 bits per heavy atom. The lowest BCUT2D eigenvalue weighted by atomic mass is 10.3. The normalized spacial score (nSPS) is 15.0. The number of carbonyl (C=O) groups is 1. The SMILES string of the molecule is COc1ccc(S(=O)(=O)N2CCOCC2)cc1NC(=O)CSc1c(Cl)cccc1Cl. The molecule has 1 saturated heterocycles. The minimum absolute atomic E-state index is 0.0348. The molecule has 3 rings (SSSR count). The molecule has 1 fully saturated rings. The van der Waals surface area contributed by atoms with Crippen LogP contribution in [-0.2, 0) is 19.6 Å². The number of sulfonamides is 1. The summed E-state index contributed by atoms with van der Waals surface area (Å²) in [6.07, 6.45) is 0. The smallest absolute Gasteiger partial charge is 0.243 e. The minimum Gasteiger partial charge on any atom is -0.495 e. The Kier molecular flexibility index (Phi) is 7.89. The Bertz CT molecular complexity index is 1010. The van der Waals surface area contributed by atoms with Crippen LogP contribution in [-0.4, -0.2) is 57.8 Å². The average molecular weight is 491 g/mol. The summed E-state index contributed by atoms with van der Waals surface area (Å²) in [4.78, 5) is 13.2. The van der Waals surface area contributed by atoms with Gasteiger partial charge in [-0.25, -0.2) is 8.42 Å². The van der Waals surface area contributed by atoms with Gasteiger partial charge in [-0.05, 0) is 30.3 Å². The van der Waals surface area contributed by atoms with Crippen molar-refractivity contribution < 1.29 is 22.7 Å². The first-order valence-corrected chi connectivity index (χ1v) is 12.1. The number of methoxy groups -OCH3 is 1. The van der Waals surface area contributed by atoms with Crippen LogP contribution in [0.4, 0.5) is 5.69 Å². The molecule has 0 unspecified atom stereocenters. The standard InChI is InChI=1S/C19H20Cl2N2O5S2/c1-27-17-6-5-13(30(25,26)23-7-9-28-10-8-23)11-16(17)22-18(24)12-29-19-14(20)3-2-4-15(19)21/h2-6,11H,7-10,12H2,1H3,(H,22,24). The first-order valence-electron chi connectivity index (χ1n) is 8.95. The van der Waals surface area contributed by atoms with Crippen LogP contribution in [0.25, 0.3) is 0 Å². The quantitative estimate of drug-likeness (QED) is 0.594. The number of morpholine rings is 1. The molecule has 11 heteroatoms. The highest BCUT2D eigenvalue weighted by Gasteiger charge is 2.27. The van der Waals surface area contributed by atoms with Gasteiger partial charge in [0, 0.05) is 18.0 Å². The minimum atomic E-state index is -3.71. The molecule has 2 aromatic carbocycles. The van der Waals surface area contributed by atoms with Crippen molar-refractivity contribution in [2.45, 2.75) is 9.79 Å². The maximum Gasteiger partial charge on any atom is 0.243 e. The summed E-state index contributed by atoms with van der Waals surface area (Å²) >= 11 is 13.4. The van der Waals surface area contributed by atoms with E-state index in [4.69, 9.17) is 32.7 Å². The van der Waals surface area contributed by atoms with Crippen molar-refractivity contribution in [3.8, 4) is 5.75 Å². The van der Waals surface area contributed by atoms with Crippen molar-refractivity contribution in [1.29, 1.82) is 0 Å². The summed E-state index contributed by atoms with van der Waals surface area (Å²) in [6, 6.07) is 9.47. The summed E-state index contributed by atoms with van der Waals surface area (Å²) in [5.74, 6) is 0.0350. The topological polar surface area (TPSA) is 84.9 Å². The van der Waals surface area contributed by atoms with Gasteiger partial charge in [-0.2, -0.15) is 4.31 Å². The number of hydrogen-bond donors (Lipinski definition) is 1. The maximum atomic E-state index is 12.9. The predicted molar refractivity (Wildman–Crippen MR) is 118 cm³/mol. The predicted octanol–water partition coefficient (Wildman–Crippen LogP) is 3.75. The van der Waals surface area contributed by atoms with E-state index in [1.165, 1.54) is 41.4 Å². The van der Waals surface area contributed by atoms with Crippen LogP contribution in [0.1, 0.15) is 0 Å². The fraction of sp³-hybridized carbons (Fsp3) is 0.316. The van der Waals surface area contributed by atoms with Gasteiger partial charge in [0.05, 0.1) is 46.7 Å². The van der Waals surface area contributed by atoms with Crippen molar-refractivity contribution in [2.24, 2.45) is 0 Å². The van der Waals surface area contributed by atoms with Crippen LogP contribution < -0.4 is 10.1 Å². The van der Waals surface area contributed by atoms with E-state index in [9.17, 15) is 13.2 Å². The number of amides is 1. The van der Waals surface area contributed by atoms with Crippen LogP contribution in [0, 0.1) is 0 Å². The second-order valence-corrected chi connectivity index (χ2v) is 10.0. The van der Waals surface area contributed by atoms with Gasteiger partial charge in [0.2, 0.25) is 15.9 Å². The van der Waals surface area contributed by atoms with Crippen LogP contribution >= 0.6 is 35.0 Å². The fourth-order valence-corrected chi connectivity index (χ4v) is 5.74. The van der Waals surface area contributed by atoms with E-state index >= 15 is 0 Å². The molecular weight excluding hydrogens is 471 g/mol. The number of carbonyl (C=O) groups excluding carboxylic acids is 1. The van der Waals surface area contributed by atoms with Crippen LogP contribution in [0.15, 0.2) is 46.2 Å². The van der Waals surface area contributed by atoms with Gasteiger partial charge in [0.15, 0.2) is 0 Å². The second kappa shape index (κ2) is 10.2. The number of hydrogen-bond acceptors (Lipinski definition) is 6. The second-order valence-electron chi connectivity index (χ2n) is 6.27. The van der Waals surface area contributed by atoms with Gasteiger partial charge in [-0.15, -0.1) is 11.8 Å². The fourth-order valence-electron chi connectivity index (χ4n) is 2.83. The van der Waals surface area contributed by atoms with Gasteiger partial charge < -0.3 is 14.8 Å². The number of anilines is 1. The van der Waals surface area contributed by atoms with Gasteiger partial charge in [0.25, 0.3) is 0 Å². The molecule has 0 radical (unpaired) electrons. The number of halogens is 2. The first kappa shape index (κ1) is 23.2. The Hall–Kier alpha value is -1.49. The molecule has 1 amide bonds. The zero-order chi connectivity index (χ0) is 21.7. The maximum absolute atomic E-state index is 12.9. The largest absolute Gasteiger partial charge is 0.495 e. The molecule has 162 valence electrons. The van der Waals surface area contributed by atoms with E-state index in [0.717, 1.165) is 0 Å². The highest BCUT2D eigenvalue weighted by molar-refractivity contribution is 8.00. The lowest BCUT2D eigenvalue weighted by molar-refractivity contribution is -0.113. The van der Waals surface area contributed by atoms with Crippen molar-refractivity contribution in [1.82, 2.24) is 4.31 Å². The molecule has 0 saturated carbocycles. The molecule has 0 spiro atoms. The van der Waals surface area contributed by atoms with Crippen molar-refractivity contribution in [2.75, 3.05) is 44.5 Å². The molecule has 1 aliphatic heterocycles. The first-order chi connectivity index (χ1) is 14.3. The van der Waals surface area contributed by atoms with E-state index in [1.54, 1.807) is 18.2 Å². The van der Waals surface area contributed by atoms with Gasteiger partial charge in [0.1, 0.15) is 5.75 Å². The molecule has 0 aromatic heterocycles. The summed E-state index contributed by atoms with van der Waals surface area (Å²) in [5.41, 5.74) is 0.266. The molecule has 0 aliphatic carbocycles. The summed E-state index contributed by atoms with van der Waals surface area (Å²) in [7, 11) is -2.26. The molecule has 0 atom stereocenters. The van der Waals surface area contributed by atoms with Crippen LogP contribution in [0.2, 0.25) is 10.0 Å². The van der Waals surface area contributed by atoms with Crippen molar-refractivity contribution in [3.05, 3.63) is 46.4 Å². The van der Waals surface area contributed by atoms with Gasteiger partial charge in [-0.3, -0.25) is 4.79 Å². The number of ether oxygens (including phenoxy) is 2. The average Bonchev–Trinajstić information content (AvgIpc) is 2.74. The number of thioether (sulfide) groups is 1. The zero-order valence-electron chi connectivity index (χ0n) is 16.1. The van der Waals surface area contributed by atoms with Crippen molar-refractivity contribution in [3.63, 3.8) is 0 Å². The highest BCUT2D eigenvalue weighted by atomic mass is 35.5.